The summed E-state index contributed by atoms with van der Waals surface area (Å²) in [4.78, 5) is 12.0. The third kappa shape index (κ3) is 2.42. The summed E-state index contributed by atoms with van der Waals surface area (Å²) in [7, 11) is 0. The summed E-state index contributed by atoms with van der Waals surface area (Å²) in [6.07, 6.45) is 0. The Morgan fingerprint density at radius 2 is 1.91 bits per heavy atom. The van der Waals surface area contributed by atoms with Crippen LogP contribution in [0.3, 0.4) is 0 Å². The zero-order valence-electron chi connectivity index (χ0n) is 6.37. The quantitative estimate of drug-likeness (QED) is 0.557. The van der Waals surface area contributed by atoms with E-state index in [-0.39, 0.29) is 6.67 Å². The van der Waals surface area contributed by atoms with Crippen molar-refractivity contribution in [3.63, 3.8) is 0 Å². The predicted molar refractivity (Wildman–Crippen MR) is 39.8 cm³/mol. The van der Waals surface area contributed by atoms with E-state index >= 15 is 0 Å². The summed E-state index contributed by atoms with van der Waals surface area (Å²) in [6, 6.07) is 0. The molecule has 1 saturated heterocycles. The second kappa shape index (κ2) is 4.23. The topological polar surface area (TPSA) is 35.9 Å². The first-order valence-electron chi connectivity index (χ1n) is 3.73. The molecule has 0 bridgehead atoms. The maximum absolute atomic E-state index is 11.8. The van der Waals surface area contributed by atoms with Crippen LogP contribution in [0.4, 0.5) is 4.39 Å². The van der Waals surface area contributed by atoms with Gasteiger partial charge in [0.25, 0.3) is 0 Å². The van der Waals surface area contributed by atoms with E-state index in [2.05, 4.69) is 5.29 Å². The van der Waals surface area contributed by atoms with Crippen molar-refractivity contribution in [2.45, 2.75) is 0 Å². The minimum Gasteiger partial charge on any atom is -0.297 e. The molecule has 11 heavy (non-hydrogen) atoms. The van der Waals surface area contributed by atoms with Crippen LogP contribution < -0.4 is 0 Å². The Hall–Kier alpha value is -0.710. The Kier molecular flexibility index (Phi) is 3.22. The van der Waals surface area contributed by atoms with E-state index in [0.717, 1.165) is 13.1 Å². The van der Waals surface area contributed by atoms with Crippen molar-refractivity contribution in [2.75, 3.05) is 39.4 Å². The van der Waals surface area contributed by atoms with Crippen molar-refractivity contribution in [3.05, 3.63) is 4.91 Å². The number of alkyl halides is 1. The van der Waals surface area contributed by atoms with E-state index < -0.39 is 0 Å². The van der Waals surface area contributed by atoms with Crippen LogP contribution in [0.15, 0.2) is 5.29 Å². The molecule has 1 aliphatic heterocycles. The highest BCUT2D eigenvalue weighted by Gasteiger charge is 2.14. The van der Waals surface area contributed by atoms with Gasteiger partial charge in [-0.05, 0) is 0 Å². The molecule has 0 saturated carbocycles. The van der Waals surface area contributed by atoms with Gasteiger partial charge < -0.3 is 0 Å². The summed E-state index contributed by atoms with van der Waals surface area (Å²) < 4.78 is 11.8. The number of nitroso groups, excluding NO2 is 1. The first kappa shape index (κ1) is 8.39. The Balaban J connectivity index is 2.18. The molecule has 0 unspecified atom stereocenters. The molecule has 0 atom stereocenters. The molecule has 4 nitrogen and oxygen atoms in total. The van der Waals surface area contributed by atoms with Crippen molar-refractivity contribution in [1.29, 1.82) is 0 Å². The van der Waals surface area contributed by atoms with Gasteiger partial charge in [-0.15, -0.1) is 4.91 Å². The van der Waals surface area contributed by atoms with Crippen LogP contribution in [0.25, 0.3) is 0 Å². The minimum atomic E-state index is -0.311. The Labute approximate surface area is 64.9 Å². The van der Waals surface area contributed by atoms with Crippen LogP contribution in [0, 0.1) is 4.91 Å². The molecule has 0 aromatic rings. The van der Waals surface area contributed by atoms with E-state index in [1.807, 2.05) is 4.90 Å². The molecule has 1 heterocycles. The third-order valence-corrected chi connectivity index (χ3v) is 1.86. The van der Waals surface area contributed by atoms with Gasteiger partial charge in [0, 0.05) is 19.6 Å². The molecule has 64 valence electrons. The van der Waals surface area contributed by atoms with Crippen LogP contribution in [-0.4, -0.2) is 49.3 Å². The van der Waals surface area contributed by atoms with E-state index in [9.17, 15) is 9.30 Å². The molecule has 1 fully saturated rings. The Morgan fingerprint density at radius 1 is 1.27 bits per heavy atom. The van der Waals surface area contributed by atoms with Gasteiger partial charge in [-0.3, -0.25) is 9.91 Å². The maximum Gasteiger partial charge on any atom is 0.102 e. The van der Waals surface area contributed by atoms with Gasteiger partial charge in [0.2, 0.25) is 0 Å². The SMILES string of the molecule is O=NN1CCN(CCF)CC1. The summed E-state index contributed by atoms with van der Waals surface area (Å²) in [5.41, 5.74) is 0. The molecule has 1 aliphatic rings. The first-order chi connectivity index (χ1) is 5.36. The number of halogens is 1. The lowest BCUT2D eigenvalue weighted by Gasteiger charge is -2.30. The zero-order valence-corrected chi connectivity index (χ0v) is 6.37. The van der Waals surface area contributed by atoms with Crippen LogP contribution >= 0.6 is 0 Å². The molecule has 0 N–H and O–H groups in total. The fraction of sp³-hybridized carbons (Fsp3) is 1.00. The molecule has 0 aromatic heterocycles. The van der Waals surface area contributed by atoms with Gasteiger partial charge in [0.05, 0.1) is 18.4 Å². The molecule has 0 aliphatic carbocycles. The summed E-state index contributed by atoms with van der Waals surface area (Å²) >= 11 is 0. The number of hydrogen-bond donors (Lipinski definition) is 0. The summed E-state index contributed by atoms with van der Waals surface area (Å²) in [6.45, 7) is 2.92. The van der Waals surface area contributed by atoms with Crippen LogP contribution in [-0.2, 0) is 0 Å². The monoisotopic (exact) mass is 161 g/mol. The standard InChI is InChI=1S/C6H12FN3O/c7-1-2-9-3-5-10(8-11)6-4-9/h1-6H2. The maximum atomic E-state index is 11.8. The van der Waals surface area contributed by atoms with Crippen molar-refractivity contribution in [1.82, 2.24) is 9.91 Å². The highest BCUT2D eigenvalue weighted by Crippen LogP contribution is 2.00. The largest absolute Gasteiger partial charge is 0.297 e. The van der Waals surface area contributed by atoms with E-state index in [0.29, 0.717) is 19.6 Å². The third-order valence-electron chi connectivity index (χ3n) is 1.86. The fourth-order valence-corrected chi connectivity index (χ4v) is 1.16. The number of hydrogen-bond acceptors (Lipinski definition) is 3. The van der Waals surface area contributed by atoms with E-state index in [4.69, 9.17) is 0 Å². The smallest absolute Gasteiger partial charge is 0.102 e. The van der Waals surface area contributed by atoms with E-state index in [1.54, 1.807) is 0 Å². The fourth-order valence-electron chi connectivity index (χ4n) is 1.16. The van der Waals surface area contributed by atoms with Gasteiger partial charge in [-0.25, -0.2) is 4.39 Å². The predicted octanol–water partition coefficient (Wildman–Crippen LogP) is 0.255. The molecule has 0 radical (unpaired) electrons. The minimum absolute atomic E-state index is 0.311. The lowest BCUT2D eigenvalue weighted by Crippen LogP contribution is -2.44. The van der Waals surface area contributed by atoms with Crippen molar-refractivity contribution in [3.8, 4) is 0 Å². The van der Waals surface area contributed by atoms with Gasteiger partial charge in [-0.2, -0.15) is 0 Å². The van der Waals surface area contributed by atoms with Crippen LogP contribution in [0.5, 0.6) is 0 Å². The molecular formula is C6H12FN3O. The summed E-state index contributed by atoms with van der Waals surface area (Å²) in [5, 5.41) is 4.27. The molecule has 0 spiro atoms. The van der Waals surface area contributed by atoms with Gasteiger partial charge in [0.1, 0.15) is 6.67 Å². The van der Waals surface area contributed by atoms with Crippen molar-refractivity contribution >= 4 is 0 Å². The average Bonchev–Trinajstić information content (AvgIpc) is 2.07. The lowest BCUT2D eigenvalue weighted by atomic mass is 10.3. The van der Waals surface area contributed by atoms with Gasteiger partial charge in [-0.1, -0.05) is 0 Å². The normalized spacial score (nSPS) is 20.3. The lowest BCUT2D eigenvalue weighted by molar-refractivity contribution is 0.128. The molecule has 0 amide bonds. The highest BCUT2D eigenvalue weighted by atomic mass is 19.1. The Morgan fingerprint density at radius 3 is 2.36 bits per heavy atom. The molecular weight excluding hydrogens is 149 g/mol. The highest BCUT2D eigenvalue weighted by molar-refractivity contribution is 4.68. The number of piperazine rings is 1. The van der Waals surface area contributed by atoms with Crippen molar-refractivity contribution in [2.24, 2.45) is 5.29 Å². The van der Waals surface area contributed by atoms with Gasteiger partial charge in [0.15, 0.2) is 0 Å². The molecule has 0 aromatic carbocycles. The molecule has 5 heteroatoms. The second-order valence-electron chi connectivity index (χ2n) is 2.57. The summed E-state index contributed by atoms with van der Waals surface area (Å²) in [5.74, 6) is 0. The second-order valence-corrected chi connectivity index (χ2v) is 2.57. The number of nitrogens with zero attached hydrogens (tertiary/aromatic N) is 3. The van der Waals surface area contributed by atoms with Gasteiger partial charge >= 0.3 is 0 Å². The zero-order chi connectivity index (χ0) is 8.10. The van der Waals surface area contributed by atoms with Crippen molar-refractivity contribution < 1.29 is 4.39 Å². The number of rotatable bonds is 3. The Bertz CT molecular complexity index is 125. The molecule has 1 rings (SSSR count). The van der Waals surface area contributed by atoms with Crippen LogP contribution in [0.2, 0.25) is 0 Å². The first-order valence-corrected chi connectivity index (χ1v) is 3.73. The average molecular weight is 161 g/mol. The van der Waals surface area contributed by atoms with Crippen LogP contribution in [0.1, 0.15) is 0 Å². The van der Waals surface area contributed by atoms with E-state index in [1.165, 1.54) is 5.01 Å².